The predicted octanol–water partition coefficient (Wildman–Crippen LogP) is 3.42. The van der Waals surface area contributed by atoms with Gasteiger partial charge in [0.1, 0.15) is 5.75 Å². The third kappa shape index (κ3) is 3.89. The van der Waals surface area contributed by atoms with Crippen LogP contribution in [0.25, 0.3) is 0 Å². The molecule has 2 aromatic rings. The summed E-state index contributed by atoms with van der Waals surface area (Å²) in [5.74, 6) is 0.328. The van der Waals surface area contributed by atoms with E-state index in [4.69, 9.17) is 4.74 Å². The van der Waals surface area contributed by atoms with Gasteiger partial charge in [-0.15, -0.1) is 0 Å². The molecule has 0 aromatic heterocycles. The number of nitro groups is 1. The molecule has 0 fully saturated rings. The second kappa shape index (κ2) is 6.65. The lowest BCUT2D eigenvalue weighted by molar-refractivity contribution is -0.384. The van der Waals surface area contributed by atoms with Gasteiger partial charge in [-0.3, -0.25) is 14.9 Å². The predicted molar refractivity (Wildman–Crippen MR) is 78.7 cm³/mol. The number of benzene rings is 2. The zero-order valence-electron chi connectivity index (χ0n) is 11.6. The van der Waals surface area contributed by atoms with Crippen LogP contribution in [0.1, 0.15) is 22.8 Å². The number of nitrogens with zero attached hydrogens (tertiary/aromatic N) is 1. The number of carbonyl (C=O) groups is 1. The Balaban J connectivity index is 2.04. The van der Waals surface area contributed by atoms with Crippen LogP contribution in [0.3, 0.4) is 0 Å². The molecule has 0 aliphatic heterocycles. The highest BCUT2D eigenvalue weighted by Gasteiger charge is 2.12. The van der Waals surface area contributed by atoms with Gasteiger partial charge in [-0.05, 0) is 24.1 Å². The first kappa shape index (κ1) is 14.7. The van der Waals surface area contributed by atoms with Crippen LogP contribution in [0.5, 0.6) is 5.75 Å². The van der Waals surface area contributed by atoms with E-state index in [2.05, 4.69) is 0 Å². The van der Waals surface area contributed by atoms with Gasteiger partial charge in [-0.1, -0.05) is 31.2 Å². The third-order valence-corrected chi connectivity index (χ3v) is 3.06. The maximum Gasteiger partial charge on any atom is 0.270 e. The molecule has 0 saturated carbocycles. The lowest BCUT2D eigenvalue weighted by atomic mass is 10.1. The van der Waals surface area contributed by atoms with Crippen LogP contribution in [0.15, 0.2) is 48.5 Å². The SMILES string of the molecule is CCc1cccc(OCC(=O)c2cccc([N+](=O)[O-])c2)c1. The fourth-order valence-corrected chi connectivity index (χ4v) is 1.88. The first-order chi connectivity index (χ1) is 10.1. The third-order valence-electron chi connectivity index (χ3n) is 3.06. The number of hydrogen-bond acceptors (Lipinski definition) is 4. The molecule has 21 heavy (non-hydrogen) atoms. The summed E-state index contributed by atoms with van der Waals surface area (Å²) in [7, 11) is 0. The second-order valence-electron chi connectivity index (χ2n) is 4.52. The number of nitro benzene ring substituents is 1. The van der Waals surface area contributed by atoms with E-state index in [0.29, 0.717) is 5.75 Å². The Hall–Kier alpha value is -2.69. The maximum absolute atomic E-state index is 12.0. The Bertz CT molecular complexity index is 667. The summed E-state index contributed by atoms with van der Waals surface area (Å²) < 4.78 is 5.45. The lowest BCUT2D eigenvalue weighted by Crippen LogP contribution is -2.11. The Labute approximate surface area is 122 Å². The van der Waals surface area contributed by atoms with Crippen molar-refractivity contribution >= 4 is 11.5 Å². The van der Waals surface area contributed by atoms with Crippen molar-refractivity contribution in [2.24, 2.45) is 0 Å². The zero-order valence-corrected chi connectivity index (χ0v) is 11.6. The molecule has 0 amide bonds. The standard InChI is InChI=1S/C16H15NO4/c1-2-12-5-3-8-15(9-12)21-11-16(18)13-6-4-7-14(10-13)17(19)20/h3-10H,2,11H2,1H3. The van der Waals surface area contributed by atoms with Crippen LogP contribution in [-0.2, 0) is 6.42 Å². The first-order valence-corrected chi connectivity index (χ1v) is 6.59. The monoisotopic (exact) mass is 285 g/mol. The van der Waals surface area contributed by atoms with Gasteiger partial charge in [0.2, 0.25) is 0 Å². The molecule has 0 spiro atoms. The van der Waals surface area contributed by atoms with E-state index in [1.54, 1.807) is 12.1 Å². The number of rotatable bonds is 6. The van der Waals surface area contributed by atoms with E-state index in [9.17, 15) is 14.9 Å². The van der Waals surface area contributed by atoms with Crippen LogP contribution in [0.4, 0.5) is 5.69 Å². The van der Waals surface area contributed by atoms with Gasteiger partial charge in [-0.2, -0.15) is 0 Å². The van der Waals surface area contributed by atoms with E-state index >= 15 is 0 Å². The van der Waals surface area contributed by atoms with Crippen molar-refractivity contribution in [2.75, 3.05) is 6.61 Å². The highest BCUT2D eigenvalue weighted by atomic mass is 16.6. The fourth-order valence-electron chi connectivity index (χ4n) is 1.88. The van der Waals surface area contributed by atoms with E-state index in [-0.39, 0.29) is 23.6 Å². The van der Waals surface area contributed by atoms with Crippen LogP contribution < -0.4 is 4.74 Å². The molecule has 5 nitrogen and oxygen atoms in total. The summed E-state index contributed by atoms with van der Waals surface area (Å²) in [6, 6.07) is 13.1. The number of ether oxygens (including phenoxy) is 1. The molecule has 2 aromatic carbocycles. The number of carbonyl (C=O) groups excluding carboxylic acids is 1. The minimum Gasteiger partial charge on any atom is -0.485 e. The Kier molecular flexibility index (Phi) is 4.66. The first-order valence-electron chi connectivity index (χ1n) is 6.59. The van der Waals surface area contributed by atoms with Crippen LogP contribution in [0.2, 0.25) is 0 Å². The largest absolute Gasteiger partial charge is 0.485 e. The number of non-ortho nitro benzene ring substituents is 1. The van der Waals surface area contributed by atoms with Crippen molar-refractivity contribution < 1.29 is 14.5 Å². The van der Waals surface area contributed by atoms with Gasteiger partial charge in [0.25, 0.3) is 5.69 Å². The summed E-state index contributed by atoms with van der Waals surface area (Å²) >= 11 is 0. The Morgan fingerprint density at radius 3 is 2.67 bits per heavy atom. The summed E-state index contributed by atoms with van der Waals surface area (Å²) in [6.07, 6.45) is 0.885. The van der Waals surface area contributed by atoms with Crippen molar-refractivity contribution in [2.45, 2.75) is 13.3 Å². The lowest BCUT2D eigenvalue weighted by Gasteiger charge is -2.07. The van der Waals surface area contributed by atoms with E-state index in [0.717, 1.165) is 12.0 Å². The molecule has 0 N–H and O–H groups in total. The minimum atomic E-state index is -0.525. The number of ketones is 1. The molecule has 0 radical (unpaired) electrons. The molecule has 0 unspecified atom stereocenters. The number of hydrogen-bond donors (Lipinski definition) is 0. The normalized spacial score (nSPS) is 10.1. The summed E-state index contributed by atoms with van der Waals surface area (Å²) in [6.45, 7) is 1.89. The molecule has 0 atom stereocenters. The van der Waals surface area contributed by atoms with E-state index < -0.39 is 4.92 Å². The van der Waals surface area contributed by atoms with Crippen molar-refractivity contribution in [3.05, 3.63) is 69.8 Å². The fraction of sp³-hybridized carbons (Fsp3) is 0.188. The van der Waals surface area contributed by atoms with Crippen LogP contribution in [-0.4, -0.2) is 17.3 Å². The van der Waals surface area contributed by atoms with Gasteiger partial charge in [0.15, 0.2) is 12.4 Å². The smallest absolute Gasteiger partial charge is 0.270 e. The highest BCUT2D eigenvalue weighted by molar-refractivity contribution is 5.97. The maximum atomic E-state index is 12.0. The number of aryl methyl sites for hydroxylation is 1. The molecule has 5 heteroatoms. The quantitative estimate of drug-likeness (QED) is 0.463. The summed E-state index contributed by atoms with van der Waals surface area (Å²) in [5, 5.41) is 10.7. The zero-order chi connectivity index (χ0) is 15.2. The summed E-state index contributed by atoms with van der Waals surface area (Å²) in [5.41, 5.74) is 1.29. The highest BCUT2D eigenvalue weighted by Crippen LogP contribution is 2.16. The van der Waals surface area contributed by atoms with Crippen LogP contribution >= 0.6 is 0 Å². The van der Waals surface area contributed by atoms with E-state index in [1.807, 2.05) is 25.1 Å². The molecular formula is C16H15NO4. The van der Waals surface area contributed by atoms with Crippen LogP contribution in [0, 0.1) is 10.1 Å². The molecule has 0 bridgehead atoms. The number of Topliss-reactive ketones (excluding diaryl/α,β-unsaturated/α-hetero) is 1. The van der Waals surface area contributed by atoms with Gasteiger partial charge < -0.3 is 4.74 Å². The van der Waals surface area contributed by atoms with Crippen molar-refractivity contribution in [3.8, 4) is 5.75 Å². The molecule has 0 aliphatic rings. The molecule has 108 valence electrons. The summed E-state index contributed by atoms with van der Waals surface area (Å²) in [4.78, 5) is 22.2. The molecule has 0 saturated heterocycles. The average Bonchev–Trinajstić information content (AvgIpc) is 2.53. The molecule has 0 heterocycles. The van der Waals surface area contributed by atoms with Gasteiger partial charge in [-0.25, -0.2) is 0 Å². The van der Waals surface area contributed by atoms with Crippen molar-refractivity contribution in [3.63, 3.8) is 0 Å². The van der Waals surface area contributed by atoms with Gasteiger partial charge in [0.05, 0.1) is 4.92 Å². The van der Waals surface area contributed by atoms with Crippen molar-refractivity contribution in [1.29, 1.82) is 0 Å². The molecule has 2 rings (SSSR count). The minimum absolute atomic E-state index is 0.103. The Morgan fingerprint density at radius 1 is 1.19 bits per heavy atom. The van der Waals surface area contributed by atoms with Gasteiger partial charge in [0, 0.05) is 17.7 Å². The average molecular weight is 285 g/mol. The van der Waals surface area contributed by atoms with Gasteiger partial charge >= 0.3 is 0 Å². The molecule has 0 aliphatic carbocycles. The van der Waals surface area contributed by atoms with E-state index in [1.165, 1.54) is 18.2 Å². The van der Waals surface area contributed by atoms with Crippen molar-refractivity contribution in [1.82, 2.24) is 0 Å². The Morgan fingerprint density at radius 2 is 1.95 bits per heavy atom. The second-order valence-corrected chi connectivity index (χ2v) is 4.52. The molecular weight excluding hydrogens is 270 g/mol. The topological polar surface area (TPSA) is 69.4 Å².